The van der Waals surface area contributed by atoms with Gasteiger partial charge in [-0.05, 0) is 51.5 Å². The zero-order valence-corrected chi connectivity index (χ0v) is 16.8. The van der Waals surface area contributed by atoms with Gasteiger partial charge in [-0.25, -0.2) is 19.2 Å². The molecule has 0 spiro atoms. The van der Waals surface area contributed by atoms with Gasteiger partial charge >= 0.3 is 5.97 Å². The molecule has 2 heterocycles. The zero-order valence-electron chi connectivity index (χ0n) is 16.8. The molecule has 7 nitrogen and oxygen atoms in total. The van der Waals surface area contributed by atoms with Crippen LogP contribution < -0.4 is 0 Å². The highest BCUT2D eigenvalue weighted by Gasteiger charge is 2.28. The van der Waals surface area contributed by atoms with E-state index in [-0.39, 0.29) is 24.0 Å². The van der Waals surface area contributed by atoms with E-state index >= 15 is 0 Å². The maximum Gasteiger partial charge on any atom is 0.358 e. The third kappa shape index (κ3) is 4.77. The Hall–Kier alpha value is -3.29. The summed E-state index contributed by atoms with van der Waals surface area (Å²) in [4.78, 5) is 38.2. The van der Waals surface area contributed by atoms with Crippen molar-refractivity contribution in [3.8, 4) is 0 Å². The summed E-state index contributed by atoms with van der Waals surface area (Å²) >= 11 is 0. The van der Waals surface area contributed by atoms with Gasteiger partial charge in [0, 0.05) is 18.3 Å². The highest BCUT2D eigenvalue weighted by molar-refractivity contribution is 6.01. The number of carbonyl (C=O) groups excluding carboxylic acids is 2. The molecule has 3 rings (SSSR count). The number of carbonyl (C=O) groups is 2. The third-order valence-corrected chi connectivity index (χ3v) is 4.39. The van der Waals surface area contributed by atoms with Gasteiger partial charge in [0.15, 0.2) is 12.3 Å². The summed E-state index contributed by atoms with van der Waals surface area (Å²) in [5, 5.41) is 0.528. The smallest absolute Gasteiger partial charge is 0.358 e. The van der Waals surface area contributed by atoms with Gasteiger partial charge in [-0.1, -0.05) is 12.1 Å². The van der Waals surface area contributed by atoms with Crippen molar-refractivity contribution in [3.05, 3.63) is 59.4 Å². The molecule has 0 saturated heterocycles. The lowest BCUT2D eigenvalue weighted by atomic mass is 10.0. The molecule has 2 aromatic heterocycles. The molecule has 1 amide bonds. The van der Waals surface area contributed by atoms with Crippen LogP contribution in [0.1, 0.15) is 42.6 Å². The molecule has 152 valence electrons. The molecule has 0 aliphatic heterocycles. The SMILES string of the molecule is Cc1nc(C(=O)OCC(=O)N(Cc2cccc(F)c2)C(C)(C)C)c2cc[nH]c2n1. The molecule has 0 atom stereocenters. The Labute approximate surface area is 167 Å². The number of esters is 1. The highest BCUT2D eigenvalue weighted by atomic mass is 19.1. The van der Waals surface area contributed by atoms with Crippen LogP contribution in [0.25, 0.3) is 11.0 Å². The number of halogens is 1. The zero-order chi connectivity index (χ0) is 21.2. The van der Waals surface area contributed by atoms with Crippen LogP contribution in [0, 0.1) is 12.7 Å². The predicted octanol–water partition coefficient (Wildman–Crippen LogP) is 3.39. The molecule has 0 unspecified atom stereocenters. The van der Waals surface area contributed by atoms with Crippen molar-refractivity contribution in [2.24, 2.45) is 0 Å². The number of aryl methyl sites for hydroxylation is 1. The van der Waals surface area contributed by atoms with Gasteiger partial charge in [0.2, 0.25) is 0 Å². The van der Waals surface area contributed by atoms with Crippen molar-refractivity contribution < 1.29 is 18.7 Å². The van der Waals surface area contributed by atoms with Gasteiger partial charge in [0.05, 0.1) is 5.39 Å². The van der Waals surface area contributed by atoms with Crippen LogP contribution in [-0.2, 0) is 16.1 Å². The van der Waals surface area contributed by atoms with E-state index in [4.69, 9.17) is 4.74 Å². The summed E-state index contributed by atoms with van der Waals surface area (Å²) in [5.74, 6) is -1.04. The molecule has 0 aliphatic carbocycles. The Morgan fingerprint density at radius 3 is 2.66 bits per heavy atom. The minimum atomic E-state index is -0.701. The first kappa shape index (κ1) is 20.4. The molecule has 0 aliphatic rings. The standard InChI is InChI=1S/C21H23FN4O3/c1-13-24-18(16-8-9-23-19(16)25-13)20(28)29-12-17(27)26(21(2,3)4)11-14-6-5-7-15(22)10-14/h5-10H,11-12H2,1-4H3,(H,23,24,25). The number of aromatic nitrogens is 3. The summed E-state index contributed by atoms with van der Waals surface area (Å²) < 4.78 is 18.8. The number of fused-ring (bicyclic) bond motifs is 1. The van der Waals surface area contributed by atoms with Crippen molar-refractivity contribution >= 4 is 22.9 Å². The first-order valence-corrected chi connectivity index (χ1v) is 9.19. The molecule has 29 heavy (non-hydrogen) atoms. The second kappa shape index (κ2) is 7.98. The Bertz CT molecular complexity index is 1060. The predicted molar refractivity (Wildman–Crippen MR) is 106 cm³/mol. The number of ether oxygens (including phenoxy) is 1. The lowest BCUT2D eigenvalue weighted by Crippen LogP contribution is -2.46. The van der Waals surface area contributed by atoms with E-state index in [0.29, 0.717) is 22.4 Å². The largest absolute Gasteiger partial charge is 0.451 e. The van der Waals surface area contributed by atoms with Gasteiger partial charge in [-0.2, -0.15) is 0 Å². The van der Waals surface area contributed by atoms with Crippen LogP contribution in [0.2, 0.25) is 0 Å². The van der Waals surface area contributed by atoms with Crippen LogP contribution >= 0.6 is 0 Å². The molecular formula is C21H23FN4O3. The van der Waals surface area contributed by atoms with E-state index in [0.717, 1.165) is 0 Å². The Balaban J connectivity index is 1.74. The first-order chi connectivity index (χ1) is 13.6. The molecule has 0 radical (unpaired) electrons. The van der Waals surface area contributed by atoms with Crippen LogP contribution in [0.5, 0.6) is 0 Å². The third-order valence-electron chi connectivity index (χ3n) is 4.39. The van der Waals surface area contributed by atoms with Crippen LogP contribution in [0.3, 0.4) is 0 Å². The highest BCUT2D eigenvalue weighted by Crippen LogP contribution is 2.19. The second-order valence-corrected chi connectivity index (χ2v) is 7.72. The number of H-pyrrole nitrogens is 1. The summed E-state index contributed by atoms with van der Waals surface area (Å²) in [6.07, 6.45) is 1.65. The van der Waals surface area contributed by atoms with Gasteiger partial charge in [-0.15, -0.1) is 0 Å². The van der Waals surface area contributed by atoms with Gasteiger partial charge in [0.25, 0.3) is 5.91 Å². The van der Waals surface area contributed by atoms with Crippen LogP contribution in [0.15, 0.2) is 36.5 Å². The summed E-state index contributed by atoms with van der Waals surface area (Å²) in [7, 11) is 0. The van der Waals surface area contributed by atoms with E-state index in [2.05, 4.69) is 15.0 Å². The van der Waals surface area contributed by atoms with E-state index < -0.39 is 18.1 Å². The molecule has 0 saturated carbocycles. The van der Waals surface area contributed by atoms with Crippen molar-refractivity contribution in [1.82, 2.24) is 19.9 Å². The Morgan fingerprint density at radius 1 is 1.21 bits per heavy atom. The normalized spacial score (nSPS) is 11.5. The minimum Gasteiger partial charge on any atom is -0.451 e. The van der Waals surface area contributed by atoms with Crippen molar-refractivity contribution in [3.63, 3.8) is 0 Å². The van der Waals surface area contributed by atoms with Gasteiger partial charge in [0.1, 0.15) is 17.3 Å². The molecule has 3 aromatic rings. The van der Waals surface area contributed by atoms with E-state index in [1.54, 1.807) is 36.2 Å². The van der Waals surface area contributed by atoms with Crippen molar-refractivity contribution in [2.75, 3.05) is 6.61 Å². The topological polar surface area (TPSA) is 88.2 Å². The fourth-order valence-corrected chi connectivity index (χ4v) is 3.00. The van der Waals surface area contributed by atoms with E-state index in [1.165, 1.54) is 12.1 Å². The Kier molecular flexibility index (Phi) is 5.63. The van der Waals surface area contributed by atoms with Crippen LogP contribution in [-0.4, -0.2) is 43.9 Å². The van der Waals surface area contributed by atoms with Crippen molar-refractivity contribution in [1.29, 1.82) is 0 Å². The number of rotatable bonds is 5. The molecule has 0 fully saturated rings. The number of hydrogen-bond acceptors (Lipinski definition) is 5. The fourth-order valence-electron chi connectivity index (χ4n) is 3.00. The summed E-state index contributed by atoms with van der Waals surface area (Å²) in [5.41, 5.74) is 0.738. The monoisotopic (exact) mass is 398 g/mol. The van der Waals surface area contributed by atoms with Crippen molar-refractivity contribution in [2.45, 2.75) is 39.8 Å². The summed E-state index contributed by atoms with van der Waals surface area (Å²) in [6.45, 7) is 7.02. The average molecular weight is 398 g/mol. The molecule has 0 bridgehead atoms. The van der Waals surface area contributed by atoms with E-state index in [9.17, 15) is 14.0 Å². The Morgan fingerprint density at radius 2 is 1.97 bits per heavy atom. The number of benzene rings is 1. The first-order valence-electron chi connectivity index (χ1n) is 9.19. The number of aromatic amines is 1. The maximum atomic E-state index is 13.5. The number of nitrogens with zero attached hydrogens (tertiary/aromatic N) is 3. The lowest BCUT2D eigenvalue weighted by Gasteiger charge is -2.35. The average Bonchev–Trinajstić information content (AvgIpc) is 3.10. The number of nitrogens with one attached hydrogen (secondary N) is 1. The van der Waals surface area contributed by atoms with Gasteiger partial charge < -0.3 is 14.6 Å². The molecule has 8 heteroatoms. The number of hydrogen-bond donors (Lipinski definition) is 1. The van der Waals surface area contributed by atoms with Gasteiger partial charge in [-0.3, -0.25) is 4.79 Å². The quantitative estimate of drug-likeness (QED) is 0.666. The minimum absolute atomic E-state index is 0.106. The number of amides is 1. The fraction of sp³-hybridized carbons (Fsp3) is 0.333. The molecular weight excluding hydrogens is 375 g/mol. The second-order valence-electron chi connectivity index (χ2n) is 7.72. The molecule has 1 N–H and O–H groups in total. The lowest BCUT2D eigenvalue weighted by molar-refractivity contribution is -0.140. The maximum absolute atomic E-state index is 13.5. The van der Waals surface area contributed by atoms with Crippen LogP contribution in [0.4, 0.5) is 4.39 Å². The van der Waals surface area contributed by atoms with E-state index in [1.807, 2.05) is 20.8 Å². The molecule has 1 aromatic carbocycles. The summed E-state index contributed by atoms with van der Waals surface area (Å²) in [6, 6.07) is 7.74.